The normalized spacial score (nSPS) is 14.4. The lowest BCUT2D eigenvalue weighted by molar-refractivity contribution is -0.125. The lowest BCUT2D eigenvalue weighted by Gasteiger charge is -2.33. The molecular weight excluding hydrogens is 522 g/mol. The summed E-state index contributed by atoms with van der Waals surface area (Å²) in [5.41, 5.74) is 0.666. The van der Waals surface area contributed by atoms with Crippen molar-refractivity contribution in [3.8, 4) is 0 Å². The van der Waals surface area contributed by atoms with E-state index in [0.29, 0.717) is 12.1 Å². The third-order valence-corrected chi connectivity index (χ3v) is 6.24. The van der Waals surface area contributed by atoms with Crippen molar-refractivity contribution in [1.29, 1.82) is 0 Å². The molecule has 0 bridgehead atoms. The number of amides is 2. The molecule has 2 amide bonds. The number of hydrogen-bond acceptors (Lipinski definition) is 7. The molecule has 2 aromatic carbocycles. The van der Waals surface area contributed by atoms with E-state index in [1.165, 1.54) is 6.26 Å². The fourth-order valence-corrected chi connectivity index (χ4v) is 4.39. The molecule has 3 rings (SSSR count). The molecule has 4 atom stereocenters. The quantitative estimate of drug-likeness (QED) is 0.216. The van der Waals surface area contributed by atoms with Crippen LogP contribution in [0.25, 0.3) is 0 Å². The maximum Gasteiger partial charge on any atom is 0.407 e. The van der Waals surface area contributed by atoms with Crippen LogP contribution in [0.4, 0.5) is 10.5 Å². The molecule has 0 radical (unpaired) electrons. The van der Waals surface area contributed by atoms with E-state index in [9.17, 15) is 19.5 Å². The maximum atomic E-state index is 13.9. The number of carbonyl (C=O) groups is 3. The highest BCUT2D eigenvalue weighted by molar-refractivity contribution is 6.00. The summed E-state index contributed by atoms with van der Waals surface area (Å²) < 4.78 is 10.8. The maximum absolute atomic E-state index is 13.9. The number of ketones is 1. The van der Waals surface area contributed by atoms with Crippen molar-refractivity contribution in [2.75, 3.05) is 5.32 Å². The zero-order valence-corrected chi connectivity index (χ0v) is 24.3. The van der Waals surface area contributed by atoms with E-state index < -0.39 is 41.8 Å². The van der Waals surface area contributed by atoms with Gasteiger partial charge in [0.15, 0.2) is 5.76 Å². The van der Waals surface area contributed by atoms with E-state index in [1.54, 1.807) is 57.2 Å². The predicted octanol–water partition coefficient (Wildman–Crippen LogP) is 4.97. The molecule has 0 saturated carbocycles. The van der Waals surface area contributed by atoms with Gasteiger partial charge in [-0.3, -0.25) is 9.59 Å². The first kappa shape index (κ1) is 31.4. The first-order valence-electron chi connectivity index (χ1n) is 13.8. The molecule has 0 saturated heterocycles. The van der Waals surface area contributed by atoms with Gasteiger partial charge in [0.05, 0.1) is 18.3 Å². The van der Waals surface area contributed by atoms with Crippen molar-refractivity contribution >= 4 is 23.5 Å². The molecule has 41 heavy (non-hydrogen) atoms. The molecule has 0 aliphatic rings. The number of Topliss-reactive ketones (excluding diaryl/α,β-unsaturated/α-hetero) is 1. The van der Waals surface area contributed by atoms with Crippen LogP contribution < -0.4 is 16.0 Å². The minimum atomic E-state index is -1.42. The van der Waals surface area contributed by atoms with E-state index in [-0.39, 0.29) is 23.9 Å². The van der Waals surface area contributed by atoms with E-state index in [2.05, 4.69) is 16.0 Å². The Kier molecular flexibility index (Phi) is 11.1. The van der Waals surface area contributed by atoms with Gasteiger partial charge in [-0.1, -0.05) is 62.4 Å². The van der Waals surface area contributed by atoms with E-state index in [4.69, 9.17) is 9.15 Å². The number of ether oxygens (including phenoxy) is 1. The molecular formula is C32H41N3O6. The number of aliphatic hydroxyl groups is 1. The molecule has 1 aromatic heterocycles. The third kappa shape index (κ3) is 10.1. The second-order valence-corrected chi connectivity index (χ2v) is 11.5. The Morgan fingerprint density at radius 1 is 0.902 bits per heavy atom. The van der Waals surface area contributed by atoms with Gasteiger partial charge in [-0.25, -0.2) is 4.79 Å². The van der Waals surface area contributed by atoms with E-state index >= 15 is 0 Å². The first-order valence-corrected chi connectivity index (χ1v) is 13.8. The van der Waals surface area contributed by atoms with E-state index in [1.807, 2.05) is 50.2 Å². The predicted molar refractivity (Wildman–Crippen MR) is 158 cm³/mol. The molecule has 0 fully saturated rings. The SMILES string of the molecule is CC(C)C[C@H](NC(=O)[C@H](Nc1ccccc1)[C@H](O)[C@H](Cc1ccccc1)NC(=O)OC(C)(C)C)C(=O)c1ccco1. The largest absolute Gasteiger partial charge is 0.461 e. The van der Waals surface area contributed by atoms with Crippen molar-refractivity contribution in [3.05, 3.63) is 90.4 Å². The van der Waals surface area contributed by atoms with Crippen molar-refractivity contribution in [2.24, 2.45) is 5.92 Å². The van der Waals surface area contributed by atoms with Crippen LogP contribution in [0.3, 0.4) is 0 Å². The zero-order valence-electron chi connectivity index (χ0n) is 24.3. The standard InChI is InChI=1S/C32H41N3O6/c1-21(2)19-24(28(36)26-17-12-18-40-26)34-30(38)27(33-23-15-10-7-11-16-23)29(37)25(20-22-13-8-6-9-14-22)35-31(39)41-32(3,4)5/h6-18,21,24-25,27,29,33,37H,19-20H2,1-5H3,(H,34,38)(H,35,39)/t24-,25-,27+,29+/m0/s1. The summed E-state index contributed by atoms with van der Waals surface area (Å²) in [7, 11) is 0. The molecule has 220 valence electrons. The molecule has 9 heteroatoms. The van der Waals surface area contributed by atoms with Gasteiger partial charge in [-0.05, 0) is 69.4 Å². The van der Waals surface area contributed by atoms with Crippen LogP contribution in [0.5, 0.6) is 0 Å². The highest BCUT2D eigenvalue weighted by atomic mass is 16.6. The number of nitrogens with one attached hydrogen (secondary N) is 3. The summed E-state index contributed by atoms with van der Waals surface area (Å²) in [6, 6.07) is 18.4. The minimum Gasteiger partial charge on any atom is -0.461 e. The van der Waals surface area contributed by atoms with Crippen LogP contribution in [-0.4, -0.2) is 52.7 Å². The second kappa shape index (κ2) is 14.5. The number of rotatable bonds is 13. The summed E-state index contributed by atoms with van der Waals surface area (Å²) in [6.45, 7) is 9.13. The fourth-order valence-electron chi connectivity index (χ4n) is 4.39. The number of aliphatic hydroxyl groups excluding tert-OH is 1. The van der Waals surface area contributed by atoms with Crippen LogP contribution in [0, 0.1) is 5.92 Å². The minimum absolute atomic E-state index is 0.0873. The molecule has 3 aromatic rings. The van der Waals surface area contributed by atoms with Crippen LogP contribution in [0.15, 0.2) is 83.5 Å². The molecule has 0 aliphatic heterocycles. The number of alkyl carbamates (subject to hydrolysis) is 1. The smallest absolute Gasteiger partial charge is 0.407 e. The first-order chi connectivity index (χ1) is 19.4. The average molecular weight is 564 g/mol. The monoisotopic (exact) mass is 563 g/mol. The van der Waals surface area contributed by atoms with Crippen LogP contribution >= 0.6 is 0 Å². The van der Waals surface area contributed by atoms with Crippen LogP contribution in [-0.2, 0) is 16.0 Å². The Hall–Kier alpha value is -4.11. The lowest BCUT2D eigenvalue weighted by atomic mass is 9.94. The zero-order chi connectivity index (χ0) is 30.0. The number of benzene rings is 2. The summed E-state index contributed by atoms with van der Waals surface area (Å²) in [5, 5.41) is 20.4. The number of para-hydroxylation sites is 1. The van der Waals surface area contributed by atoms with Crippen LogP contribution in [0.2, 0.25) is 0 Å². The number of hydrogen-bond donors (Lipinski definition) is 4. The summed E-state index contributed by atoms with van der Waals surface area (Å²) >= 11 is 0. The van der Waals surface area contributed by atoms with Gasteiger partial charge in [-0.15, -0.1) is 0 Å². The molecule has 0 unspecified atom stereocenters. The molecule has 4 N–H and O–H groups in total. The van der Waals surface area contributed by atoms with Crippen molar-refractivity contribution in [2.45, 2.75) is 77.3 Å². The van der Waals surface area contributed by atoms with Gasteiger partial charge in [0.25, 0.3) is 0 Å². The van der Waals surface area contributed by atoms with E-state index in [0.717, 1.165) is 5.56 Å². The average Bonchev–Trinajstić information content (AvgIpc) is 3.45. The highest BCUT2D eigenvalue weighted by Crippen LogP contribution is 2.18. The number of furan rings is 1. The summed E-state index contributed by atoms with van der Waals surface area (Å²) in [4.78, 5) is 39.9. The second-order valence-electron chi connectivity index (χ2n) is 11.5. The van der Waals surface area contributed by atoms with Crippen molar-refractivity contribution in [3.63, 3.8) is 0 Å². The lowest BCUT2D eigenvalue weighted by Crippen LogP contribution is -2.59. The molecule has 0 spiro atoms. The summed E-state index contributed by atoms with van der Waals surface area (Å²) in [5.74, 6) is -0.740. The van der Waals surface area contributed by atoms with Crippen LogP contribution in [0.1, 0.15) is 57.2 Å². The fraction of sp³-hybridized carbons (Fsp3) is 0.406. The number of carbonyl (C=O) groups excluding carboxylic acids is 3. The Bertz CT molecular complexity index is 1240. The number of anilines is 1. The third-order valence-electron chi connectivity index (χ3n) is 6.24. The van der Waals surface area contributed by atoms with Gasteiger partial charge in [-0.2, -0.15) is 0 Å². The topological polar surface area (TPSA) is 130 Å². The summed E-state index contributed by atoms with van der Waals surface area (Å²) in [6.07, 6.45) is -0.143. The van der Waals surface area contributed by atoms with Gasteiger partial charge in [0.2, 0.25) is 11.7 Å². The van der Waals surface area contributed by atoms with Gasteiger partial charge in [0.1, 0.15) is 17.7 Å². The molecule has 9 nitrogen and oxygen atoms in total. The van der Waals surface area contributed by atoms with Crippen molar-refractivity contribution in [1.82, 2.24) is 10.6 Å². The van der Waals surface area contributed by atoms with Gasteiger partial charge in [0, 0.05) is 5.69 Å². The van der Waals surface area contributed by atoms with Gasteiger partial charge >= 0.3 is 6.09 Å². The Morgan fingerprint density at radius 2 is 1.54 bits per heavy atom. The van der Waals surface area contributed by atoms with Gasteiger partial charge < -0.3 is 30.2 Å². The Balaban J connectivity index is 1.93. The Labute approximate surface area is 241 Å². The molecule has 1 heterocycles. The van der Waals surface area contributed by atoms with Crippen molar-refractivity contribution < 1.29 is 28.6 Å². The molecule has 0 aliphatic carbocycles. The highest BCUT2D eigenvalue weighted by Gasteiger charge is 2.37. The Morgan fingerprint density at radius 3 is 2.10 bits per heavy atom.